The maximum Gasteiger partial charge on any atom is 0.316 e. The Hall–Kier alpha value is -3.16. The lowest BCUT2D eigenvalue weighted by Gasteiger charge is -2.04. The maximum atomic E-state index is 11.6. The van der Waals surface area contributed by atoms with Gasteiger partial charge in [-0.1, -0.05) is 23.4 Å². The minimum atomic E-state index is -0.473. The molecule has 0 saturated heterocycles. The summed E-state index contributed by atoms with van der Waals surface area (Å²) in [6, 6.07) is 6.89. The van der Waals surface area contributed by atoms with Gasteiger partial charge in [-0.3, -0.25) is 9.59 Å². The molecule has 1 aromatic heterocycles. The second-order valence-electron chi connectivity index (χ2n) is 4.59. The number of nitrogens with one attached hydrogen (secondary N) is 1. The van der Waals surface area contributed by atoms with Crippen LogP contribution in [-0.2, 0) is 17.8 Å². The maximum absolute atomic E-state index is 11.6. The highest BCUT2D eigenvalue weighted by Crippen LogP contribution is 2.14. The summed E-state index contributed by atoms with van der Waals surface area (Å²) in [5.41, 5.74) is 5.92. The molecule has 1 heterocycles. The lowest BCUT2D eigenvalue weighted by Crippen LogP contribution is -2.23. The van der Waals surface area contributed by atoms with Gasteiger partial charge in [0.2, 0.25) is 11.7 Å². The van der Waals surface area contributed by atoms with Crippen LogP contribution < -0.4 is 15.8 Å². The number of nitrogens with zero attached hydrogens (tertiary/aromatic N) is 2. The Kier molecular flexibility index (Phi) is 5.45. The molecule has 2 rings (SSSR count). The number of benzene rings is 1. The van der Waals surface area contributed by atoms with Crippen LogP contribution in [0.25, 0.3) is 0 Å². The summed E-state index contributed by atoms with van der Waals surface area (Å²) in [4.78, 5) is 26.3. The first-order chi connectivity index (χ1) is 11.1. The number of amides is 2. The predicted molar refractivity (Wildman–Crippen MR) is 80.5 cm³/mol. The average molecular weight is 316 g/mol. The summed E-state index contributed by atoms with van der Waals surface area (Å²) in [6.07, 6.45) is 1.72. The molecule has 120 valence electrons. The van der Waals surface area contributed by atoms with E-state index in [1.807, 2.05) is 0 Å². The molecule has 0 aliphatic carbocycles. The third-order valence-electron chi connectivity index (χ3n) is 2.74. The van der Waals surface area contributed by atoms with Crippen LogP contribution >= 0.6 is 0 Å². The first kappa shape index (κ1) is 16.2. The number of carbonyl (C=O) groups is 2. The number of aromatic nitrogens is 2. The number of hydrogen-bond donors (Lipinski definition) is 2. The highest BCUT2D eigenvalue weighted by molar-refractivity contribution is 5.89. The van der Waals surface area contributed by atoms with Gasteiger partial charge in [-0.15, -0.1) is 6.58 Å². The van der Waals surface area contributed by atoms with Crippen LogP contribution in [0, 0.1) is 0 Å². The van der Waals surface area contributed by atoms with Crippen LogP contribution in [0.1, 0.15) is 22.1 Å². The monoisotopic (exact) mass is 316 g/mol. The van der Waals surface area contributed by atoms with Crippen LogP contribution in [-0.4, -0.2) is 28.5 Å². The summed E-state index contributed by atoms with van der Waals surface area (Å²) in [6.45, 7) is 3.85. The van der Waals surface area contributed by atoms with Gasteiger partial charge >= 0.3 is 11.8 Å². The summed E-state index contributed by atoms with van der Waals surface area (Å²) >= 11 is 0. The minimum Gasteiger partial charge on any atom is -0.485 e. The molecule has 23 heavy (non-hydrogen) atoms. The molecule has 0 unspecified atom stereocenters. The fraction of sp³-hybridized carbons (Fsp3) is 0.200. The van der Waals surface area contributed by atoms with E-state index in [1.54, 1.807) is 30.3 Å². The van der Waals surface area contributed by atoms with Gasteiger partial charge < -0.3 is 20.3 Å². The molecule has 0 bridgehead atoms. The van der Waals surface area contributed by atoms with Gasteiger partial charge in [0.05, 0.1) is 6.42 Å². The van der Waals surface area contributed by atoms with Gasteiger partial charge in [-0.2, -0.15) is 4.98 Å². The van der Waals surface area contributed by atoms with E-state index < -0.39 is 11.8 Å². The van der Waals surface area contributed by atoms with E-state index >= 15 is 0 Å². The number of ether oxygens (including phenoxy) is 1. The van der Waals surface area contributed by atoms with Crippen molar-refractivity contribution in [1.82, 2.24) is 15.5 Å². The zero-order chi connectivity index (χ0) is 16.7. The van der Waals surface area contributed by atoms with E-state index in [-0.39, 0.29) is 24.7 Å². The van der Waals surface area contributed by atoms with E-state index in [1.165, 1.54) is 0 Å². The van der Waals surface area contributed by atoms with Crippen molar-refractivity contribution in [2.24, 2.45) is 5.73 Å². The molecule has 0 aliphatic heterocycles. The molecule has 2 aromatic rings. The van der Waals surface area contributed by atoms with Crippen molar-refractivity contribution in [3.8, 4) is 5.75 Å². The van der Waals surface area contributed by atoms with Gasteiger partial charge in [0.1, 0.15) is 5.75 Å². The summed E-state index contributed by atoms with van der Waals surface area (Å²) in [7, 11) is 0. The number of carbonyl (C=O) groups excluding carboxylic acids is 2. The van der Waals surface area contributed by atoms with Gasteiger partial charge in [0.25, 0.3) is 0 Å². The lowest BCUT2D eigenvalue weighted by molar-refractivity contribution is -0.117. The van der Waals surface area contributed by atoms with Crippen molar-refractivity contribution >= 4 is 11.8 Å². The minimum absolute atomic E-state index is 0.0490. The molecule has 3 N–H and O–H groups in total. The van der Waals surface area contributed by atoms with Crippen molar-refractivity contribution < 1.29 is 18.8 Å². The largest absolute Gasteiger partial charge is 0.485 e. The molecule has 0 spiro atoms. The Morgan fingerprint density at radius 2 is 2.09 bits per heavy atom. The van der Waals surface area contributed by atoms with Gasteiger partial charge in [-0.25, -0.2) is 0 Å². The summed E-state index contributed by atoms with van der Waals surface area (Å²) in [5, 5.41) is 6.18. The molecule has 8 nitrogen and oxygen atoms in total. The fourth-order valence-electron chi connectivity index (χ4n) is 1.70. The van der Waals surface area contributed by atoms with E-state index in [2.05, 4.69) is 22.0 Å². The standard InChI is InChI=1S/C15H16N4O4/c1-2-7-17-14(21)15-18-13(19-23-15)9-22-11-5-3-10(4-6-11)8-12(16)20/h2-6H,1,7-9H2,(H2,16,20)(H,17,21). The second-order valence-corrected chi connectivity index (χ2v) is 4.59. The van der Waals surface area contributed by atoms with Crippen molar-refractivity contribution in [2.75, 3.05) is 6.54 Å². The molecule has 0 atom stereocenters. The van der Waals surface area contributed by atoms with Gasteiger partial charge in [0.15, 0.2) is 6.61 Å². The molecule has 8 heteroatoms. The molecule has 1 aromatic carbocycles. The average Bonchev–Trinajstić information content (AvgIpc) is 3.00. The number of nitrogens with two attached hydrogens (primary N) is 1. The smallest absolute Gasteiger partial charge is 0.316 e. The molecule has 0 fully saturated rings. The number of rotatable bonds is 8. The summed E-state index contributed by atoms with van der Waals surface area (Å²) in [5.74, 6) is -0.190. The number of hydrogen-bond acceptors (Lipinski definition) is 6. The molecule has 0 aliphatic rings. The summed E-state index contributed by atoms with van der Waals surface area (Å²) < 4.78 is 10.3. The van der Waals surface area contributed by atoms with Gasteiger partial charge in [0, 0.05) is 6.54 Å². The van der Waals surface area contributed by atoms with E-state index in [4.69, 9.17) is 15.0 Å². The van der Waals surface area contributed by atoms with Crippen molar-refractivity contribution in [3.63, 3.8) is 0 Å². The Bertz CT molecular complexity index is 694. The van der Waals surface area contributed by atoms with Gasteiger partial charge in [-0.05, 0) is 17.7 Å². The molecule has 2 amide bonds. The third-order valence-corrected chi connectivity index (χ3v) is 2.74. The van der Waals surface area contributed by atoms with Crippen LogP contribution in [0.2, 0.25) is 0 Å². The zero-order valence-electron chi connectivity index (χ0n) is 12.3. The molecule has 0 saturated carbocycles. The van der Waals surface area contributed by atoms with Crippen LogP contribution in [0.4, 0.5) is 0 Å². The first-order valence-corrected chi connectivity index (χ1v) is 6.80. The third kappa shape index (κ3) is 4.95. The number of primary amides is 1. The zero-order valence-corrected chi connectivity index (χ0v) is 12.3. The first-order valence-electron chi connectivity index (χ1n) is 6.80. The Morgan fingerprint density at radius 1 is 1.35 bits per heavy atom. The lowest BCUT2D eigenvalue weighted by atomic mass is 10.1. The molecular formula is C15H16N4O4. The van der Waals surface area contributed by atoms with E-state index in [0.29, 0.717) is 12.3 Å². The Morgan fingerprint density at radius 3 is 2.74 bits per heavy atom. The fourth-order valence-corrected chi connectivity index (χ4v) is 1.70. The second kappa shape index (κ2) is 7.74. The Balaban J connectivity index is 1.88. The van der Waals surface area contributed by atoms with E-state index in [9.17, 15) is 9.59 Å². The van der Waals surface area contributed by atoms with Crippen LogP contribution in [0.3, 0.4) is 0 Å². The Labute approximate surface area is 132 Å². The van der Waals surface area contributed by atoms with E-state index in [0.717, 1.165) is 5.56 Å². The van der Waals surface area contributed by atoms with Crippen molar-refractivity contribution in [2.45, 2.75) is 13.0 Å². The normalized spacial score (nSPS) is 10.1. The SMILES string of the molecule is C=CCNC(=O)c1nc(COc2ccc(CC(N)=O)cc2)no1. The van der Waals surface area contributed by atoms with Crippen molar-refractivity contribution in [3.05, 3.63) is 54.2 Å². The van der Waals surface area contributed by atoms with Crippen molar-refractivity contribution in [1.29, 1.82) is 0 Å². The highest BCUT2D eigenvalue weighted by atomic mass is 16.5. The quantitative estimate of drug-likeness (QED) is 0.688. The van der Waals surface area contributed by atoms with Crippen LogP contribution in [0.15, 0.2) is 41.4 Å². The molecular weight excluding hydrogens is 300 g/mol. The molecule has 0 radical (unpaired) electrons. The highest BCUT2D eigenvalue weighted by Gasteiger charge is 2.14. The predicted octanol–water partition coefficient (Wildman–Crippen LogP) is 0.592. The topological polar surface area (TPSA) is 120 Å². The van der Waals surface area contributed by atoms with Crippen LogP contribution in [0.5, 0.6) is 5.75 Å².